The smallest absolute Gasteiger partial charge is 0.386 e. The molecule has 0 saturated heterocycles. The van der Waals surface area contributed by atoms with Gasteiger partial charge in [-0.3, -0.25) is 0 Å². The number of nitrogens with two attached hydrogens (primary N) is 1. The quantitative estimate of drug-likeness (QED) is 0.896. The average Bonchev–Trinajstić information content (AvgIpc) is 2.45. The molecule has 2 unspecified atom stereocenters. The second-order valence-electron chi connectivity index (χ2n) is 4.65. The number of halogens is 4. The normalized spacial score (nSPS) is 14.8. The third-order valence-corrected chi connectivity index (χ3v) is 3.39. The van der Waals surface area contributed by atoms with Gasteiger partial charge in [0.2, 0.25) is 0 Å². The summed E-state index contributed by atoms with van der Waals surface area (Å²) in [6.45, 7) is 0. The summed E-state index contributed by atoms with van der Waals surface area (Å²) < 4.78 is 37.5. The fraction of sp³-hybridized carbons (Fsp3) is 0.200. The largest absolute Gasteiger partial charge is 0.416 e. The Labute approximate surface area is 125 Å². The Balaban J connectivity index is 2.21. The minimum absolute atomic E-state index is 0.412. The molecule has 6 heteroatoms. The number of benzene rings is 2. The van der Waals surface area contributed by atoms with Crippen molar-refractivity contribution in [2.24, 2.45) is 5.73 Å². The summed E-state index contributed by atoms with van der Waals surface area (Å²) in [7, 11) is 0. The molecular formula is C15H13ClF3NO. The molecule has 0 heterocycles. The zero-order valence-electron chi connectivity index (χ0n) is 10.8. The molecule has 3 N–H and O–H groups in total. The summed E-state index contributed by atoms with van der Waals surface area (Å²) >= 11 is 5.83. The van der Waals surface area contributed by atoms with E-state index in [0.717, 1.165) is 12.1 Å². The van der Waals surface area contributed by atoms with Gasteiger partial charge in [0.15, 0.2) is 0 Å². The first-order valence-electron chi connectivity index (χ1n) is 6.15. The Kier molecular flexibility index (Phi) is 4.56. The fourth-order valence-electron chi connectivity index (χ4n) is 1.97. The van der Waals surface area contributed by atoms with E-state index >= 15 is 0 Å². The van der Waals surface area contributed by atoms with E-state index in [4.69, 9.17) is 17.3 Å². The summed E-state index contributed by atoms with van der Waals surface area (Å²) in [6.07, 6.45) is -5.45. The molecule has 0 aliphatic rings. The standard InChI is InChI=1S/C15H13ClF3NO/c16-12-3-1-2-10(8-12)14(21)13(20)9-4-6-11(7-5-9)15(17,18)19/h1-8,13-14,21H,20H2. The number of aliphatic hydroxyl groups is 1. The minimum Gasteiger partial charge on any atom is -0.386 e. The first-order chi connectivity index (χ1) is 9.79. The van der Waals surface area contributed by atoms with Gasteiger partial charge in [-0.15, -0.1) is 0 Å². The van der Waals surface area contributed by atoms with E-state index in [1.165, 1.54) is 12.1 Å². The maximum absolute atomic E-state index is 12.5. The number of hydrogen-bond donors (Lipinski definition) is 2. The van der Waals surface area contributed by atoms with E-state index in [1.807, 2.05) is 0 Å². The summed E-state index contributed by atoms with van der Waals surface area (Å²) in [6, 6.07) is 10.1. The highest BCUT2D eigenvalue weighted by Crippen LogP contribution is 2.32. The lowest BCUT2D eigenvalue weighted by Crippen LogP contribution is -2.19. The van der Waals surface area contributed by atoms with E-state index in [0.29, 0.717) is 16.1 Å². The topological polar surface area (TPSA) is 46.2 Å². The molecule has 2 aromatic rings. The van der Waals surface area contributed by atoms with Crippen LogP contribution in [0, 0.1) is 0 Å². The van der Waals surface area contributed by atoms with Crippen LogP contribution in [0.5, 0.6) is 0 Å². The molecule has 0 spiro atoms. The monoisotopic (exact) mass is 315 g/mol. The highest BCUT2D eigenvalue weighted by molar-refractivity contribution is 6.30. The summed E-state index contributed by atoms with van der Waals surface area (Å²) in [5.41, 5.74) is 6.07. The maximum atomic E-state index is 12.5. The first-order valence-corrected chi connectivity index (χ1v) is 6.53. The molecule has 2 aromatic carbocycles. The summed E-state index contributed by atoms with van der Waals surface area (Å²) in [4.78, 5) is 0. The van der Waals surface area contributed by atoms with E-state index < -0.39 is 23.9 Å². The van der Waals surface area contributed by atoms with Gasteiger partial charge in [-0.25, -0.2) is 0 Å². The van der Waals surface area contributed by atoms with Crippen LogP contribution in [0.1, 0.15) is 28.8 Å². The fourth-order valence-corrected chi connectivity index (χ4v) is 2.17. The Bertz CT molecular complexity index is 613. The zero-order chi connectivity index (χ0) is 15.6. The van der Waals surface area contributed by atoms with Crippen molar-refractivity contribution in [3.8, 4) is 0 Å². The predicted octanol–water partition coefficient (Wildman–Crippen LogP) is 4.09. The summed E-state index contributed by atoms with van der Waals surface area (Å²) in [5.74, 6) is 0. The van der Waals surface area contributed by atoms with Crippen molar-refractivity contribution in [3.63, 3.8) is 0 Å². The van der Waals surface area contributed by atoms with Crippen molar-refractivity contribution in [2.45, 2.75) is 18.3 Å². The molecule has 2 nitrogen and oxygen atoms in total. The molecule has 2 atom stereocenters. The highest BCUT2D eigenvalue weighted by atomic mass is 35.5. The van der Waals surface area contributed by atoms with Crippen molar-refractivity contribution >= 4 is 11.6 Å². The lowest BCUT2D eigenvalue weighted by atomic mass is 9.96. The van der Waals surface area contributed by atoms with Crippen LogP contribution in [0.15, 0.2) is 48.5 Å². The van der Waals surface area contributed by atoms with Gasteiger partial charge >= 0.3 is 6.18 Å². The Morgan fingerprint density at radius 1 is 1.00 bits per heavy atom. The van der Waals surface area contributed by atoms with Crippen molar-refractivity contribution in [3.05, 3.63) is 70.2 Å². The molecule has 112 valence electrons. The van der Waals surface area contributed by atoms with E-state index in [9.17, 15) is 18.3 Å². The van der Waals surface area contributed by atoms with Crippen LogP contribution >= 0.6 is 11.6 Å². The third-order valence-electron chi connectivity index (χ3n) is 3.15. The first kappa shape index (κ1) is 15.8. The van der Waals surface area contributed by atoms with Gasteiger partial charge < -0.3 is 10.8 Å². The molecule has 0 aliphatic carbocycles. The van der Waals surface area contributed by atoms with Crippen molar-refractivity contribution in [1.29, 1.82) is 0 Å². The molecule has 0 aromatic heterocycles. The maximum Gasteiger partial charge on any atom is 0.416 e. The average molecular weight is 316 g/mol. The van der Waals surface area contributed by atoms with Crippen LogP contribution in [0.25, 0.3) is 0 Å². The molecule has 0 saturated carbocycles. The Morgan fingerprint density at radius 3 is 2.14 bits per heavy atom. The second kappa shape index (κ2) is 6.05. The SMILES string of the molecule is NC(c1ccc(C(F)(F)F)cc1)C(O)c1cccc(Cl)c1. The Hall–Kier alpha value is -1.56. The van der Waals surface area contributed by atoms with Gasteiger partial charge in [-0.1, -0.05) is 35.9 Å². The van der Waals surface area contributed by atoms with Crippen LogP contribution in [-0.2, 0) is 6.18 Å². The minimum atomic E-state index is -4.39. The van der Waals surface area contributed by atoms with E-state index in [2.05, 4.69) is 0 Å². The Morgan fingerprint density at radius 2 is 1.62 bits per heavy atom. The zero-order valence-corrected chi connectivity index (χ0v) is 11.6. The summed E-state index contributed by atoms with van der Waals surface area (Å²) in [5, 5.41) is 10.6. The van der Waals surface area contributed by atoms with Gasteiger partial charge in [-0.2, -0.15) is 13.2 Å². The number of rotatable bonds is 3. The number of alkyl halides is 3. The van der Waals surface area contributed by atoms with Gasteiger partial charge in [-0.05, 0) is 35.4 Å². The van der Waals surface area contributed by atoms with Gasteiger partial charge in [0.05, 0.1) is 17.7 Å². The van der Waals surface area contributed by atoms with Crippen LogP contribution in [0.4, 0.5) is 13.2 Å². The second-order valence-corrected chi connectivity index (χ2v) is 5.08. The molecule has 0 radical (unpaired) electrons. The lowest BCUT2D eigenvalue weighted by molar-refractivity contribution is -0.137. The van der Waals surface area contributed by atoms with E-state index in [-0.39, 0.29) is 0 Å². The lowest BCUT2D eigenvalue weighted by Gasteiger charge is -2.20. The van der Waals surface area contributed by atoms with Gasteiger partial charge in [0.25, 0.3) is 0 Å². The predicted molar refractivity (Wildman–Crippen MR) is 74.8 cm³/mol. The molecule has 0 amide bonds. The number of aliphatic hydroxyl groups excluding tert-OH is 1. The molecule has 2 rings (SSSR count). The molecule has 21 heavy (non-hydrogen) atoms. The molecular weight excluding hydrogens is 303 g/mol. The third kappa shape index (κ3) is 3.75. The van der Waals surface area contributed by atoms with Crippen LogP contribution in [0.3, 0.4) is 0 Å². The molecule has 0 fully saturated rings. The van der Waals surface area contributed by atoms with Crippen LogP contribution in [-0.4, -0.2) is 5.11 Å². The van der Waals surface area contributed by atoms with E-state index in [1.54, 1.807) is 24.3 Å². The molecule has 0 aliphatic heterocycles. The van der Waals surface area contributed by atoms with Gasteiger partial charge in [0, 0.05) is 5.02 Å². The number of hydrogen-bond acceptors (Lipinski definition) is 2. The van der Waals surface area contributed by atoms with Crippen molar-refractivity contribution < 1.29 is 18.3 Å². The van der Waals surface area contributed by atoms with Crippen molar-refractivity contribution in [2.75, 3.05) is 0 Å². The highest BCUT2D eigenvalue weighted by Gasteiger charge is 2.30. The van der Waals surface area contributed by atoms with Crippen molar-refractivity contribution in [1.82, 2.24) is 0 Å². The van der Waals surface area contributed by atoms with Gasteiger partial charge in [0.1, 0.15) is 0 Å². The van der Waals surface area contributed by atoms with Crippen LogP contribution in [0.2, 0.25) is 5.02 Å². The molecule has 0 bridgehead atoms. The van der Waals surface area contributed by atoms with Crippen LogP contribution < -0.4 is 5.73 Å².